The minimum atomic E-state index is 0.0620. The van der Waals surface area contributed by atoms with Crippen LogP contribution in [0, 0.1) is 0 Å². The molecule has 3 heterocycles. The number of rotatable bonds is 4. The molecule has 0 atom stereocenters. The maximum absolute atomic E-state index is 12.8. The third-order valence-corrected chi connectivity index (χ3v) is 6.14. The van der Waals surface area contributed by atoms with E-state index in [-0.39, 0.29) is 11.9 Å². The number of carbonyl (C=O) groups is 2. The molecule has 166 valence electrons. The summed E-state index contributed by atoms with van der Waals surface area (Å²) in [5.41, 5.74) is 0.941. The number of amides is 3. The lowest BCUT2D eigenvalue weighted by molar-refractivity contribution is -0.132. The van der Waals surface area contributed by atoms with E-state index in [9.17, 15) is 9.59 Å². The highest BCUT2D eigenvalue weighted by molar-refractivity contribution is 5.79. The monoisotopic (exact) mass is 426 g/mol. The van der Waals surface area contributed by atoms with Gasteiger partial charge >= 0.3 is 6.03 Å². The Labute approximate surface area is 182 Å². The lowest BCUT2D eigenvalue weighted by Crippen LogP contribution is -2.44. The van der Waals surface area contributed by atoms with Gasteiger partial charge in [-0.25, -0.2) is 4.79 Å². The molecule has 2 aliphatic rings. The second kappa shape index (κ2) is 8.95. The van der Waals surface area contributed by atoms with E-state index in [0.717, 1.165) is 48.9 Å². The molecule has 3 amide bonds. The Morgan fingerprint density at radius 3 is 2.58 bits per heavy atom. The molecule has 1 aromatic heterocycles. The zero-order valence-electron chi connectivity index (χ0n) is 18.5. The fraction of sp³-hybridized carbons (Fsp3) is 0.545. The summed E-state index contributed by atoms with van der Waals surface area (Å²) in [5.74, 6) is 2.97. The van der Waals surface area contributed by atoms with E-state index in [2.05, 4.69) is 14.8 Å². The fourth-order valence-electron chi connectivity index (χ4n) is 4.38. The second-order valence-corrected chi connectivity index (χ2v) is 8.41. The number of aromatic nitrogens is 3. The molecule has 1 fully saturated rings. The van der Waals surface area contributed by atoms with Crippen molar-refractivity contribution in [2.75, 3.05) is 40.8 Å². The summed E-state index contributed by atoms with van der Waals surface area (Å²) in [6.07, 6.45) is 2.11. The van der Waals surface area contributed by atoms with E-state index in [1.807, 2.05) is 34.1 Å². The molecule has 2 aliphatic heterocycles. The predicted octanol–water partition coefficient (Wildman–Crippen LogP) is 1.73. The molecule has 0 saturated carbocycles. The van der Waals surface area contributed by atoms with Gasteiger partial charge in [0.1, 0.15) is 11.6 Å². The number of benzene rings is 1. The van der Waals surface area contributed by atoms with Gasteiger partial charge in [-0.05, 0) is 30.5 Å². The largest absolute Gasteiger partial charge is 0.497 e. The Balaban J connectivity index is 1.37. The Bertz CT molecular complexity index is 948. The first kappa shape index (κ1) is 21.1. The van der Waals surface area contributed by atoms with Crippen molar-refractivity contribution >= 4 is 11.9 Å². The van der Waals surface area contributed by atoms with Crippen molar-refractivity contribution < 1.29 is 14.3 Å². The van der Waals surface area contributed by atoms with E-state index in [1.165, 1.54) is 0 Å². The van der Waals surface area contributed by atoms with Crippen LogP contribution in [0.5, 0.6) is 5.75 Å². The van der Waals surface area contributed by atoms with Crippen LogP contribution in [0.15, 0.2) is 24.3 Å². The summed E-state index contributed by atoms with van der Waals surface area (Å²) in [6, 6.07) is 7.68. The first-order valence-corrected chi connectivity index (χ1v) is 10.7. The normalized spacial score (nSPS) is 16.7. The SMILES string of the molecule is COc1cccc(CC(=O)N2CCn3c(nnc3C3CCN(C(=O)N(C)C)CC3)C2)c1. The van der Waals surface area contributed by atoms with E-state index < -0.39 is 0 Å². The summed E-state index contributed by atoms with van der Waals surface area (Å²) in [5, 5.41) is 8.86. The zero-order chi connectivity index (χ0) is 22.0. The minimum Gasteiger partial charge on any atom is -0.497 e. The van der Waals surface area contributed by atoms with E-state index in [4.69, 9.17) is 4.74 Å². The molecule has 2 aromatic rings. The first-order valence-electron chi connectivity index (χ1n) is 10.7. The lowest BCUT2D eigenvalue weighted by atomic mass is 9.96. The van der Waals surface area contributed by atoms with Crippen molar-refractivity contribution in [3.63, 3.8) is 0 Å². The van der Waals surface area contributed by atoms with Gasteiger partial charge in [0, 0.05) is 46.2 Å². The van der Waals surface area contributed by atoms with Crippen LogP contribution in [0.2, 0.25) is 0 Å². The second-order valence-electron chi connectivity index (χ2n) is 8.41. The van der Waals surface area contributed by atoms with Crippen LogP contribution in [0.4, 0.5) is 4.79 Å². The van der Waals surface area contributed by atoms with Gasteiger partial charge in [-0.2, -0.15) is 0 Å². The van der Waals surface area contributed by atoms with Crippen molar-refractivity contribution in [1.82, 2.24) is 29.5 Å². The molecule has 31 heavy (non-hydrogen) atoms. The van der Waals surface area contributed by atoms with Gasteiger partial charge in [0.15, 0.2) is 5.82 Å². The first-order chi connectivity index (χ1) is 15.0. The molecule has 4 rings (SSSR count). The molecule has 0 unspecified atom stereocenters. The molecule has 0 bridgehead atoms. The molecule has 0 aliphatic carbocycles. The Kier molecular flexibility index (Phi) is 6.11. The molecule has 1 saturated heterocycles. The van der Waals surface area contributed by atoms with Crippen molar-refractivity contribution in [3.05, 3.63) is 41.5 Å². The van der Waals surface area contributed by atoms with Crippen LogP contribution in [0.3, 0.4) is 0 Å². The Morgan fingerprint density at radius 1 is 1.10 bits per heavy atom. The van der Waals surface area contributed by atoms with E-state index in [1.54, 1.807) is 26.1 Å². The van der Waals surface area contributed by atoms with E-state index in [0.29, 0.717) is 32.0 Å². The minimum absolute atomic E-state index is 0.0620. The quantitative estimate of drug-likeness (QED) is 0.744. The Hall–Kier alpha value is -3.10. The smallest absolute Gasteiger partial charge is 0.319 e. The van der Waals surface area contributed by atoms with Gasteiger partial charge < -0.3 is 24.0 Å². The highest BCUT2D eigenvalue weighted by Crippen LogP contribution is 2.29. The molecular weight excluding hydrogens is 396 g/mol. The van der Waals surface area contributed by atoms with Crippen LogP contribution in [-0.2, 0) is 24.3 Å². The molecule has 1 aromatic carbocycles. The van der Waals surface area contributed by atoms with Gasteiger partial charge in [0.25, 0.3) is 0 Å². The number of urea groups is 1. The lowest BCUT2D eigenvalue weighted by Gasteiger charge is -2.34. The van der Waals surface area contributed by atoms with Gasteiger partial charge in [0.2, 0.25) is 5.91 Å². The maximum Gasteiger partial charge on any atom is 0.319 e. The number of hydrogen-bond donors (Lipinski definition) is 0. The maximum atomic E-state index is 12.8. The fourth-order valence-corrected chi connectivity index (χ4v) is 4.38. The number of piperidine rings is 1. The molecule has 0 radical (unpaired) electrons. The highest BCUT2D eigenvalue weighted by Gasteiger charge is 2.31. The Morgan fingerprint density at radius 2 is 1.87 bits per heavy atom. The average molecular weight is 427 g/mol. The summed E-state index contributed by atoms with van der Waals surface area (Å²) in [4.78, 5) is 30.4. The van der Waals surface area contributed by atoms with Crippen LogP contribution in [-0.4, -0.2) is 82.2 Å². The number of hydrogen-bond acceptors (Lipinski definition) is 5. The molecular formula is C22H30N6O3. The summed E-state index contributed by atoms with van der Waals surface area (Å²) < 4.78 is 7.42. The number of ether oxygens (including phenoxy) is 1. The third-order valence-electron chi connectivity index (χ3n) is 6.14. The number of likely N-dealkylation sites (tertiary alicyclic amines) is 1. The summed E-state index contributed by atoms with van der Waals surface area (Å²) in [6.45, 7) is 3.30. The third kappa shape index (κ3) is 4.50. The van der Waals surface area contributed by atoms with Crippen LogP contribution >= 0.6 is 0 Å². The van der Waals surface area contributed by atoms with Gasteiger partial charge in [0.05, 0.1) is 20.1 Å². The number of carbonyl (C=O) groups excluding carboxylic acids is 2. The zero-order valence-corrected chi connectivity index (χ0v) is 18.5. The number of nitrogens with zero attached hydrogens (tertiary/aromatic N) is 6. The van der Waals surface area contributed by atoms with E-state index >= 15 is 0 Å². The standard InChI is InChI=1S/C22H30N6O3/c1-25(2)22(30)26-9-7-17(8-10-26)21-24-23-19-15-27(11-12-28(19)21)20(29)14-16-5-4-6-18(13-16)31-3/h4-6,13,17H,7-12,14-15H2,1-3H3. The van der Waals surface area contributed by atoms with Gasteiger partial charge in [-0.1, -0.05) is 12.1 Å². The topological polar surface area (TPSA) is 83.8 Å². The van der Waals surface area contributed by atoms with Crippen molar-refractivity contribution in [2.24, 2.45) is 0 Å². The number of methoxy groups -OCH3 is 1. The average Bonchev–Trinajstić information content (AvgIpc) is 3.22. The van der Waals surface area contributed by atoms with Gasteiger partial charge in [-0.3, -0.25) is 4.79 Å². The molecule has 9 nitrogen and oxygen atoms in total. The van der Waals surface area contributed by atoms with Crippen molar-refractivity contribution in [2.45, 2.75) is 38.3 Å². The van der Waals surface area contributed by atoms with Crippen molar-refractivity contribution in [3.8, 4) is 5.75 Å². The van der Waals surface area contributed by atoms with Crippen LogP contribution in [0.1, 0.15) is 36.0 Å². The van der Waals surface area contributed by atoms with Crippen molar-refractivity contribution in [1.29, 1.82) is 0 Å². The predicted molar refractivity (Wildman–Crippen MR) is 115 cm³/mol. The number of fused-ring (bicyclic) bond motifs is 1. The molecule has 0 spiro atoms. The molecule has 9 heteroatoms. The van der Waals surface area contributed by atoms with Gasteiger partial charge in [-0.15, -0.1) is 10.2 Å². The molecule has 0 N–H and O–H groups in total. The summed E-state index contributed by atoms with van der Waals surface area (Å²) >= 11 is 0. The highest BCUT2D eigenvalue weighted by atomic mass is 16.5. The summed E-state index contributed by atoms with van der Waals surface area (Å²) in [7, 11) is 5.19. The van der Waals surface area contributed by atoms with Crippen LogP contribution < -0.4 is 4.74 Å². The van der Waals surface area contributed by atoms with Crippen LogP contribution in [0.25, 0.3) is 0 Å².